The number of nitrogens with zero attached hydrogens (tertiary/aromatic N) is 2. The van der Waals surface area contributed by atoms with Crippen molar-refractivity contribution >= 4 is 69.4 Å². The average molecular weight is 439 g/mol. The molecule has 0 fully saturated rings. The van der Waals surface area contributed by atoms with Crippen LogP contribution in [0.1, 0.15) is 10.4 Å². The molecule has 0 saturated heterocycles. The van der Waals surface area contributed by atoms with Crippen LogP contribution in [0.15, 0.2) is 36.4 Å². The molecule has 0 bridgehead atoms. The molecule has 11 heteroatoms. The molecule has 2 N–H and O–H groups in total. The summed E-state index contributed by atoms with van der Waals surface area (Å²) in [6.07, 6.45) is 0. The molecular formula is C17H12Cl2N4O4S. The molecule has 0 radical (unpaired) electrons. The number of hydrogen-bond acceptors (Lipinski definition) is 7. The molecule has 1 heterocycles. The van der Waals surface area contributed by atoms with Gasteiger partial charge in [0, 0.05) is 5.02 Å². The molecule has 3 aromatic rings. The zero-order valence-electron chi connectivity index (χ0n) is 14.1. The van der Waals surface area contributed by atoms with E-state index in [4.69, 9.17) is 27.9 Å². The number of hydrogen-bond donors (Lipinski definition) is 2. The van der Waals surface area contributed by atoms with Crippen molar-refractivity contribution in [3.8, 4) is 0 Å². The number of rotatable bonds is 6. The van der Waals surface area contributed by atoms with E-state index in [2.05, 4.69) is 19.4 Å². The Morgan fingerprint density at radius 2 is 1.93 bits per heavy atom. The first-order valence-corrected chi connectivity index (χ1v) is 9.32. The Kier molecular flexibility index (Phi) is 6.40. The first kappa shape index (κ1) is 20.0. The summed E-state index contributed by atoms with van der Waals surface area (Å²) in [5.74, 6) is -1.88. The van der Waals surface area contributed by atoms with Crippen LogP contribution in [0.2, 0.25) is 10.0 Å². The number of amides is 2. The second-order valence-electron chi connectivity index (χ2n) is 5.45. The number of nitrogens with one attached hydrogen (secondary N) is 2. The van der Waals surface area contributed by atoms with Gasteiger partial charge in [-0.3, -0.25) is 14.4 Å². The maximum absolute atomic E-state index is 12.0. The van der Waals surface area contributed by atoms with Crippen LogP contribution in [0, 0.1) is 0 Å². The second-order valence-corrected chi connectivity index (χ2v) is 6.83. The number of carbonyl (C=O) groups excluding carboxylic acids is 3. The van der Waals surface area contributed by atoms with Gasteiger partial charge in [0.05, 0.1) is 28.0 Å². The van der Waals surface area contributed by atoms with Crippen molar-refractivity contribution in [3.05, 3.63) is 52.0 Å². The molecule has 8 nitrogen and oxygen atoms in total. The van der Waals surface area contributed by atoms with E-state index in [1.165, 1.54) is 18.2 Å². The predicted octanol–water partition coefficient (Wildman–Crippen LogP) is 2.91. The molecule has 0 aliphatic heterocycles. The quantitative estimate of drug-likeness (QED) is 0.572. The number of carbonyl (C=O) groups is 3. The van der Waals surface area contributed by atoms with Crippen LogP contribution in [-0.2, 0) is 14.3 Å². The molecule has 0 aliphatic carbocycles. The van der Waals surface area contributed by atoms with E-state index < -0.39 is 30.9 Å². The predicted molar refractivity (Wildman–Crippen MR) is 106 cm³/mol. The Morgan fingerprint density at radius 1 is 1.11 bits per heavy atom. The lowest BCUT2D eigenvalue weighted by Gasteiger charge is -2.08. The van der Waals surface area contributed by atoms with Crippen molar-refractivity contribution in [2.75, 3.05) is 18.5 Å². The number of benzene rings is 2. The van der Waals surface area contributed by atoms with E-state index in [0.29, 0.717) is 21.7 Å². The number of halogens is 2. The van der Waals surface area contributed by atoms with Crippen LogP contribution < -0.4 is 10.6 Å². The van der Waals surface area contributed by atoms with Crippen LogP contribution in [0.5, 0.6) is 0 Å². The molecule has 0 atom stereocenters. The van der Waals surface area contributed by atoms with Crippen molar-refractivity contribution in [1.29, 1.82) is 0 Å². The maximum atomic E-state index is 12.0. The summed E-state index contributed by atoms with van der Waals surface area (Å²) in [5, 5.41) is 5.51. The van der Waals surface area contributed by atoms with E-state index in [9.17, 15) is 14.4 Å². The zero-order valence-corrected chi connectivity index (χ0v) is 16.4. The SMILES string of the molecule is O=C(COC(=O)CNC(=O)c1ccc(Cl)cc1Cl)Nc1cccc2nsnc12. The summed E-state index contributed by atoms with van der Waals surface area (Å²) in [7, 11) is 0. The van der Waals surface area contributed by atoms with E-state index in [1.807, 2.05) is 0 Å². The van der Waals surface area contributed by atoms with Gasteiger partial charge in [-0.25, -0.2) is 0 Å². The van der Waals surface area contributed by atoms with Gasteiger partial charge >= 0.3 is 5.97 Å². The summed E-state index contributed by atoms with van der Waals surface area (Å²) in [4.78, 5) is 35.7. The first-order chi connectivity index (χ1) is 13.4. The number of ether oxygens (including phenoxy) is 1. The summed E-state index contributed by atoms with van der Waals surface area (Å²) in [6.45, 7) is -0.930. The Bertz CT molecular complexity index is 1060. The third-order valence-electron chi connectivity index (χ3n) is 3.49. The first-order valence-electron chi connectivity index (χ1n) is 7.84. The van der Waals surface area contributed by atoms with Crippen molar-refractivity contribution in [1.82, 2.24) is 14.1 Å². The van der Waals surface area contributed by atoms with Crippen LogP contribution in [0.25, 0.3) is 11.0 Å². The maximum Gasteiger partial charge on any atom is 0.325 e. The van der Waals surface area contributed by atoms with E-state index in [0.717, 1.165) is 11.7 Å². The lowest BCUT2D eigenvalue weighted by molar-refractivity contribution is -0.146. The summed E-state index contributed by atoms with van der Waals surface area (Å²) in [6, 6.07) is 9.52. The number of esters is 1. The standard InChI is InChI=1S/C17H12Cl2N4O4S/c18-9-4-5-10(11(19)6-9)17(26)20-7-15(25)27-8-14(24)21-12-2-1-3-13-16(12)23-28-22-13/h1-6H,7-8H2,(H,20,26)(H,21,24). The highest BCUT2D eigenvalue weighted by Gasteiger charge is 2.14. The molecule has 3 rings (SSSR count). The molecule has 0 spiro atoms. The molecule has 2 aromatic carbocycles. The highest BCUT2D eigenvalue weighted by Crippen LogP contribution is 2.21. The van der Waals surface area contributed by atoms with Crippen molar-refractivity contribution in [3.63, 3.8) is 0 Å². The molecule has 28 heavy (non-hydrogen) atoms. The monoisotopic (exact) mass is 438 g/mol. The van der Waals surface area contributed by atoms with E-state index >= 15 is 0 Å². The molecular weight excluding hydrogens is 427 g/mol. The average Bonchev–Trinajstić information content (AvgIpc) is 3.14. The van der Waals surface area contributed by atoms with Crippen LogP contribution >= 0.6 is 34.9 Å². The fourth-order valence-corrected chi connectivity index (χ4v) is 3.26. The molecule has 0 saturated carbocycles. The van der Waals surface area contributed by atoms with Gasteiger partial charge in [0.1, 0.15) is 17.6 Å². The minimum absolute atomic E-state index is 0.156. The highest BCUT2D eigenvalue weighted by molar-refractivity contribution is 7.00. The van der Waals surface area contributed by atoms with Crippen LogP contribution in [0.4, 0.5) is 5.69 Å². The summed E-state index contributed by atoms with van der Waals surface area (Å²) >= 11 is 12.7. The minimum Gasteiger partial charge on any atom is -0.454 e. The number of aromatic nitrogens is 2. The van der Waals surface area contributed by atoms with Gasteiger partial charge in [0.25, 0.3) is 11.8 Å². The second kappa shape index (κ2) is 8.96. The minimum atomic E-state index is -0.776. The molecule has 144 valence electrons. The van der Waals surface area contributed by atoms with Crippen molar-refractivity contribution in [2.24, 2.45) is 0 Å². The lowest BCUT2D eigenvalue weighted by Crippen LogP contribution is -2.32. The Labute approximate surface area is 173 Å². The summed E-state index contributed by atoms with van der Waals surface area (Å²) < 4.78 is 13.0. The van der Waals surface area contributed by atoms with Crippen molar-refractivity contribution < 1.29 is 19.1 Å². The third kappa shape index (κ3) is 4.94. The van der Waals surface area contributed by atoms with Crippen molar-refractivity contribution in [2.45, 2.75) is 0 Å². The zero-order chi connectivity index (χ0) is 20.1. The van der Waals surface area contributed by atoms with E-state index in [1.54, 1.807) is 18.2 Å². The Morgan fingerprint density at radius 3 is 2.71 bits per heavy atom. The van der Waals surface area contributed by atoms with Gasteiger partial charge in [0.2, 0.25) is 0 Å². The molecule has 1 aromatic heterocycles. The summed E-state index contributed by atoms with van der Waals surface area (Å²) in [5.41, 5.74) is 1.85. The van der Waals surface area contributed by atoms with Gasteiger partial charge in [0.15, 0.2) is 6.61 Å². The molecule has 0 aliphatic rings. The van der Waals surface area contributed by atoms with Crippen LogP contribution in [0.3, 0.4) is 0 Å². The topological polar surface area (TPSA) is 110 Å². The normalized spacial score (nSPS) is 10.5. The van der Waals surface area contributed by atoms with Gasteiger partial charge in [-0.1, -0.05) is 29.3 Å². The molecule has 0 unspecified atom stereocenters. The van der Waals surface area contributed by atoms with Gasteiger partial charge in [-0.2, -0.15) is 8.75 Å². The highest BCUT2D eigenvalue weighted by atomic mass is 35.5. The fourth-order valence-electron chi connectivity index (χ4n) is 2.21. The van der Waals surface area contributed by atoms with Gasteiger partial charge < -0.3 is 15.4 Å². The van der Waals surface area contributed by atoms with E-state index in [-0.39, 0.29) is 10.6 Å². The number of fused-ring (bicyclic) bond motifs is 1. The Hall–Kier alpha value is -2.75. The largest absolute Gasteiger partial charge is 0.454 e. The molecule has 2 amide bonds. The smallest absolute Gasteiger partial charge is 0.325 e. The van der Waals surface area contributed by atoms with Crippen LogP contribution in [-0.4, -0.2) is 39.7 Å². The van der Waals surface area contributed by atoms with Gasteiger partial charge in [-0.05, 0) is 30.3 Å². The number of anilines is 1. The lowest BCUT2D eigenvalue weighted by atomic mass is 10.2. The Balaban J connectivity index is 1.47. The fraction of sp³-hybridized carbons (Fsp3) is 0.118. The third-order valence-corrected chi connectivity index (χ3v) is 4.58. The van der Waals surface area contributed by atoms with Gasteiger partial charge in [-0.15, -0.1) is 0 Å².